The van der Waals surface area contributed by atoms with Gasteiger partial charge in [-0.25, -0.2) is 9.59 Å². The van der Waals surface area contributed by atoms with Crippen molar-refractivity contribution >= 4 is 29.0 Å². The number of nitrogens with zero attached hydrogens (tertiary/aromatic N) is 3. The van der Waals surface area contributed by atoms with Crippen molar-refractivity contribution in [3.63, 3.8) is 0 Å². The second-order valence-electron chi connectivity index (χ2n) is 8.81. The summed E-state index contributed by atoms with van der Waals surface area (Å²) in [6, 6.07) is 12.9. The number of amides is 2. The Bertz CT molecular complexity index is 1070. The smallest absolute Gasteiger partial charge is 0.327 e. The van der Waals surface area contributed by atoms with Crippen molar-refractivity contribution in [2.24, 2.45) is 5.92 Å². The molecule has 2 aromatic rings. The number of piperidine rings is 1. The summed E-state index contributed by atoms with van der Waals surface area (Å²) < 4.78 is 35.9. The Labute approximate surface area is 212 Å². The zero-order chi connectivity index (χ0) is 25.7. The van der Waals surface area contributed by atoms with Gasteiger partial charge in [-0.05, 0) is 54.2 Å². The molecular weight excluding hydrogens is 486 g/mol. The third kappa shape index (κ3) is 5.80. The van der Waals surface area contributed by atoms with Gasteiger partial charge in [-0.15, -0.1) is 0 Å². The molecule has 2 heterocycles. The molecule has 2 saturated heterocycles. The Morgan fingerprint density at radius 2 is 1.53 bits per heavy atom. The van der Waals surface area contributed by atoms with Gasteiger partial charge >= 0.3 is 12.0 Å². The molecule has 36 heavy (non-hydrogen) atoms. The number of hydrogen-bond donors (Lipinski definition) is 1. The first kappa shape index (κ1) is 25.9. The van der Waals surface area contributed by atoms with Gasteiger partial charge in [0.1, 0.15) is 11.8 Å². The molecule has 0 aliphatic carbocycles. The van der Waals surface area contributed by atoms with Crippen LogP contribution in [0.3, 0.4) is 0 Å². The molecule has 0 aromatic heterocycles. The average Bonchev–Trinajstić information content (AvgIpc) is 2.91. The van der Waals surface area contributed by atoms with E-state index in [0.29, 0.717) is 52.2 Å². The number of urea groups is 1. The van der Waals surface area contributed by atoms with Crippen LogP contribution in [0.4, 0.5) is 10.5 Å². The van der Waals surface area contributed by atoms with Gasteiger partial charge in [0.15, 0.2) is 0 Å². The van der Waals surface area contributed by atoms with E-state index in [-0.39, 0.29) is 11.7 Å². The number of likely N-dealkylation sites (tertiary alicyclic amines) is 1. The highest BCUT2D eigenvalue weighted by molar-refractivity contribution is 7.80. The van der Waals surface area contributed by atoms with E-state index >= 15 is 0 Å². The van der Waals surface area contributed by atoms with E-state index in [1.54, 1.807) is 41.2 Å². The summed E-state index contributed by atoms with van der Waals surface area (Å²) in [7, 11) is 1.59. The summed E-state index contributed by atoms with van der Waals surface area (Å²) >= 11 is -2.80. The van der Waals surface area contributed by atoms with Gasteiger partial charge in [-0.3, -0.25) is 8.51 Å². The van der Waals surface area contributed by atoms with Crippen LogP contribution >= 0.6 is 0 Å². The number of hydrogen-bond acceptors (Lipinski definition) is 6. The first-order valence-corrected chi connectivity index (χ1v) is 12.9. The Hall–Kier alpha value is -3.15. The number of carbonyl (C=O) groups is 2. The molecule has 194 valence electrons. The van der Waals surface area contributed by atoms with Crippen LogP contribution in [0.25, 0.3) is 11.1 Å². The Kier molecular flexibility index (Phi) is 8.44. The van der Waals surface area contributed by atoms with Crippen LogP contribution in [0, 0.1) is 5.92 Å². The number of ether oxygens (including phenoxy) is 2. The molecule has 4 rings (SSSR count). The largest absolute Gasteiger partial charge is 0.755 e. The first-order valence-electron chi connectivity index (χ1n) is 11.9. The van der Waals surface area contributed by atoms with E-state index in [9.17, 15) is 23.5 Å². The summed E-state index contributed by atoms with van der Waals surface area (Å²) in [5.74, 6) is -0.919. The fourth-order valence-corrected chi connectivity index (χ4v) is 5.52. The van der Waals surface area contributed by atoms with Crippen LogP contribution in [0.15, 0.2) is 48.5 Å². The van der Waals surface area contributed by atoms with Gasteiger partial charge in [-0.1, -0.05) is 24.3 Å². The molecule has 2 aliphatic heterocycles. The van der Waals surface area contributed by atoms with Crippen LogP contribution in [-0.2, 0) is 20.8 Å². The fraction of sp³-hybridized carbons (Fsp3) is 0.440. The maximum Gasteiger partial charge on any atom is 0.327 e. The number of methoxy groups -OCH3 is 1. The molecule has 11 heteroatoms. The molecule has 1 N–H and O–H groups in total. The normalized spacial score (nSPS) is 18.4. The number of carboxylic acid groups (broad SMARTS) is 1. The average molecular weight is 517 g/mol. The number of carboxylic acids is 1. The van der Waals surface area contributed by atoms with Gasteiger partial charge in [-0.2, -0.15) is 0 Å². The van der Waals surface area contributed by atoms with Crippen LogP contribution in [0.1, 0.15) is 12.8 Å². The molecule has 0 spiro atoms. The molecule has 2 amide bonds. The Morgan fingerprint density at radius 1 is 1.00 bits per heavy atom. The van der Waals surface area contributed by atoms with Crippen molar-refractivity contribution < 1.29 is 32.9 Å². The molecule has 2 unspecified atom stereocenters. The third-order valence-electron chi connectivity index (χ3n) is 6.75. The third-order valence-corrected chi connectivity index (χ3v) is 7.51. The Balaban J connectivity index is 1.48. The standard InChI is InChI=1S/C25H31N3O7S/c1-34-22-8-4-19(5-9-22)18-2-6-21(7-3-18)28(36(32)33)23(24(29)30)20-10-12-26(13-11-20)25(31)27-14-16-35-17-15-27/h2-9,20,23H,10-17H2,1H3,(H,29,30)(H,32,33)/p-1. The van der Waals surface area contributed by atoms with Gasteiger partial charge in [0.25, 0.3) is 0 Å². The number of anilines is 1. The zero-order valence-electron chi connectivity index (χ0n) is 20.1. The van der Waals surface area contributed by atoms with Gasteiger partial charge in [0, 0.05) is 43.1 Å². The number of carbonyl (C=O) groups excluding carboxylic acids is 1. The minimum absolute atomic E-state index is 0.0815. The van der Waals surface area contributed by atoms with E-state index in [4.69, 9.17) is 9.47 Å². The van der Waals surface area contributed by atoms with E-state index in [0.717, 1.165) is 21.2 Å². The van der Waals surface area contributed by atoms with Crippen molar-refractivity contribution in [3.8, 4) is 16.9 Å². The van der Waals surface area contributed by atoms with Crippen LogP contribution in [-0.4, -0.2) is 88.2 Å². The highest BCUT2D eigenvalue weighted by Crippen LogP contribution is 2.31. The molecule has 2 fully saturated rings. The minimum Gasteiger partial charge on any atom is -0.755 e. The SMILES string of the molecule is COc1ccc(-c2ccc(N(C(C(=O)O)C3CCN(C(=O)N4CCOCC4)CC3)S(=O)[O-])cc2)cc1. The summed E-state index contributed by atoms with van der Waals surface area (Å²) in [5.41, 5.74) is 2.06. The van der Waals surface area contributed by atoms with Gasteiger partial charge in [0.2, 0.25) is 0 Å². The molecule has 0 bridgehead atoms. The lowest BCUT2D eigenvalue weighted by Crippen LogP contribution is -2.54. The molecule has 0 radical (unpaired) electrons. The van der Waals surface area contributed by atoms with Gasteiger partial charge in [0.05, 0.1) is 20.3 Å². The predicted octanol–water partition coefficient (Wildman–Crippen LogP) is 2.58. The maximum absolute atomic E-state index is 12.8. The molecule has 0 saturated carbocycles. The minimum atomic E-state index is -2.80. The second kappa shape index (κ2) is 11.7. The van der Waals surface area contributed by atoms with Crippen LogP contribution < -0.4 is 9.04 Å². The second-order valence-corrected chi connectivity index (χ2v) is 9.64. The molecule has 2 aromatic carbocycles. The Morgan fingerprint density at radius 3 is 2.03 bits per heavy atom. The lowest BCUT2D eigenvalue weighted by Gasteiger charge is -2.41. The molecule has 2 atom stereocenters. The summed E-state index contributed by atoms with van der Waals surface area (Å²) in [6.07, 6.45) is 0.787. The number of aliphatic carboxylic acids is 1. The van der Waals surface area contributed by atoms with Crippen LogP contribution in [0.5, 0.6) is 5.75 Å². The van der Waals surface area contributed by atoms with Crippen molar-refractivity contribution in [2.45, 2.75) is 18.9 Å². The first-order chi connectivity index (χ1) is 17.4. The lowest BCUT2D eigenvalue weighted by molar-refractivity contribution is -0.140. The van der Waals surface area contributed by atoms with Crippen molar-refractivity contribution in [3.05, 3.63) is 48.5 Å². The summed E-state index contributed by atoms with van der Waals surface area (Å²) in [5, 5.41) is 10.0. The zero-order valence-corrected chi connectivity index (χ0v) is 20.9. The van der Waals surface area contributed by atoms with Crippen molar-refractivity contribution in [1.82, 2.24) is 9.80 Å². The van der Waals surface area contributed by atoms with E-state index in [1.807, 2.05) is 24.3 Å². The highest BCUT2D eigenvalue weighted by atomic mass is 32.2. The quantitative estimate of drug-likeness (QED) is 0.561. The number of benzene rings is 2. The fourth-order valence-electron chi connectivity index (χ4n) is 4.78. The molecular formula is C25H30N3O7S-. The molecule has 10 nitrogen and oxygen atoms in total. The van der Waals surface area contributed by atoms with Crippen molar-refractivity contribution in [1.29, 1.82) is 0 Å². The summed E-state index contributed by atoms with van der Waals surface area (Å²) in [4.78, 5) is 28.5. The number of rotatable bonds is 7. The topological polar surface area (TPSA) is 123 Å². The lowest BCUT2D eigenvalue weighted by atomic mass is 9.89. The number of morpholine rings is 1. The monoisotopic (exact) mass is 516 g/mol. The predicted molar refractivity (Wildman–Crippen MR) is 133 cm³/mol. The van der Waals surface area contributed by atoms with E-state index < -0.39 is 29.2 Å². The van der Waals surface area contributed by atoms with Crippen molar-refractivity contribution in [2.75, 3.05) is 50.8 Å². The summed E-state index contributed by atoms with van der Waals surface area (Å²) in [6.45, 7) is 2.83. The highest BCUT2D eigenvalue weighted by Gasteiger charge is 2.38. The molecule has 2 aliphatic rings. The van der Waals surface area contributed by atoms with E-state index in [2.05, 4.69) is 0 Å². The van der Waals surface area contributed by atoms with E-state index in [1.165, 1.54) is 0 Å². The van der Waals surface area contributed by atoms with Crippen LogP contribution in [0.2, 0.25) is 0 Å². The maximum atomic E-state index is 12.8. The van der Waals surface area contributed by atoms with Gasteiger partial charge < -0.3 is 28.9 Å².